The number of fused-ring (bicyclic) bond motifs is 1. The molecule has 0 N–H and O–H groups in total. The number of nitrogens with zero attached hydrogens (tertiary/aromatic N) is 3. The van der Waals surface area contributed by atoms with Gasteiger partial charge in [0.05, 0.1) is 6.61 Å². The third kappa shape index (κ3) is 1.35. The first-order valence-electron chi connectivity index (χ1n) is 4.91. The van der Waals surface area contributed by atoms with Crippen LogP contribution in [-0.2, 0) is 17.9 Å². The fourth-order valence-corrected chi connectivity index (χ4v) is 1.73. The smallest absolute Gasteiger partial charge is 0.199 e. The molecule has 15 heavy (non-hydrogen) atoms. The number of ether oxygens (including phenoxy) is 1. The molecule has 0 radical (unpaired) electrons. The largest absolute Gasteiger partial charge is 0.458 e. The Balaban J connectivity index is 2.08. The molecule has 5 heteroatoms. The number of hydrogen-bond acceptors (Lipinski definition) is 4. The minimum absolute atomic E-state index is 0.534. The highest BCUT2D eigenvalue weighted by Crippen LogP contribution is 2.22. The molecule has 0 saturated carbocycles. The van der Waals surface area contributed by atoms with E-state index >= 15 is 0 Å². The zero-order valence-corrected chi connectivity index (χ0v) is 8.43. The van der Waals surface area contributed by atoms with Gasteiger partial charge in [0.1, 0.15) is 12.4 Å². The van der Waals surface area contributed by atoms with Gasteiger partial charge in [0.25, 0.3) is 0 Å². The molecule has 0 unspecified atom stereocenters. The molecule has 0 aliphatic carbocycles. The highest BCUT2D eigenvalue weighted by molar-refractivity contribution is 5.47. The molecule has 0 fully saturated rings. The molecule has 0 spiro atoms. The van der Waals surface area contributed by atoms with E-state index in [0.29, 0.717) is 13.2 Å². The molecule has 3 heterocycles. The van der Waals surface area contributed by atoms with Gasteiger partial charge in [0.15, 0.2) is 17.4 Å². The molecule has 5 nitrogen and oxygen atoms in total. The second-order valence-electron chi connectivity index (χ2n) is 3.55. The average Bonchev–Trinajstić information content (AvgIpc) is 2.83. The molecule has 2 aromatic rings. The van der Waals surface area contributed by atoms with Crippen molar-refractivity contribution in [3.8, 4) is 11.6 Å². The zero-order chi connectivity index (χ0) is 10.3. The average molecular weight is 205 g/mol. The Hall–Kier alpha value is -1.62. The van der Waals surface area contributed by atoms with Crippen molar-refractivity contribution >= 4 is 0 Å². The van der Waals surface area contributed by atoms with E-state index in [9.17, 15) is 0 Å². The van der Waals surface area contributed by atoms with Crippen LogP contribution in [0.15, 0.2) is 16.5 Å². The Kier molecular flexibility index (Phi) is 1.85. The van der Waals surface area contributed by atoms with Crippen LogP contribution in [0.5, 0.6) is 0 Å². The molecule has 0 bridgehead atoms. The Labute approximate surface area is 86.7 Å². The molecular formula is C10H11N3O2. The molecule has 0 aromatic carbocycles. The van der Waals surface area contributed by atoms with E-state index < -0.39 is 0 Å². The number of aromatic nitrogens is 3. The predicted molar refractivity (Wildman–Crippen MR) is 52.1 cm³/mol. The topological polar surface area (TPSA) is 53.1 Å². The Morgan fingerprint density at radius 2 is 2.27 bits per heavy atom. The summed E-state index contributed by atoms with van der Waals surface area (Å²) >= 11 is 0. The predicted octanol–water partition coefficient (Wildman–Crippen LogP) is 1.38. The van der Waals surface area contributed by atoms with E-state index in [2.05, 4.69) is 10.2 Å². The number of furan rings is 1. The highest BCUT2D eigenvalue weighted by Gasteiger charge is 2.18. The number of hydrogen-bond donors (Lipinski definition) is 0. The molecule has 1 aliphatic rings. The van der Waals surface area contributed by atoms with Gasteiger partial charge in [0.2, 0.25) is 0 Å². The van der Waals surface area contributed by atoms with Crippen molar-refractivity contribution in [2.75, 3.05) is 6.61 Å². The minimum Gasteiger partial charge on any atom is -0.458 e. The van der Waals surface area contributed by atoms with Crippen molar-refractivity contribution in [1.82, 2.24) is 14.8 Å². The van der Waals surface area contributed by atoms with E-state index in [0.717, 1.165) is 29.7 Å². The van der Waals surface area contributed by atoms with Gasteiger partial charge in [-0.1, -0.05) is 0 Å². The quantitative estimate of drug-likeness (QED) is 0.705. The van der Waals surface area contributed by atoms with Crippen LogP contribution in [0.25, 0.3) is 11.6 Å². The molecule has 0 saturated heterocycles. The lowest BCUT2D eigenvalue weighted by molar-refractivity contribution is 0.0819. The normalized spacial score (nSPS) is 15.3. The van der Waals surface area contributed by atoms with Crippen molar-refractivity contribution < 1.29 is 9.15 Å². The summed E-state index contributed by atoms with van der Waals surface area (Å²) in [5.74, 6) is 3.31. The summed E-state index contributed by atoms with van der Waals surface area (Å²) < 4.78 is 12.9. The van der Waals surface area contributed by atoms with Crippen molar-refractivity contribution in [3.05, 3.63) is 23.7 Å². The monoisotopic (exact) mass is 205 g/mol. The van der Waals surface area contributed by atoms with Gasteiger partial charge in [-0.15, -0.1) is 10.2 Å². The van der Waals surface area contributed by atoms with Crippen LogP contribution in [0.3, 0.4) is 0 Å². The maximum absolute atomic E-state index is 5.53. The second-order valence-corrected chi connectivity index (χ2v) is 3.55. The van der Waals surface area contributed by atoms with Crippen LogP contribution >= 0.6 is 0 Å². The van der Waals surface area contributed by atoms with E-state index in [-0.39, 0.29) is 0 Å². The van der Waals surface area contributed by atoms with Crippen LogP contribution in [0.4, 0.5) is 0 Å². The Morgan fingerprint density at radius 3 is 3.07 bits per heavy atom. The first-order valence-corrected chi connectivity index (χ1v) is 4.91. The van der Waals surface area contributed by atoms with Gasteiger partial charge >= 0.3 is 0 Å². The summed E-state index contributed by atoms with van der Waals surface area (Å²) in [6.07, 6.45) is 0. The molecular weight excluding hydrogens is 194 g/mol. The van der Waals surface area contributed by atoms with Gasteiger partial charge in [0, 0.05) is 6.54 Å². The van der Waals surface area contributed by atoms with E-state index in [1.54, 1.807) is 0 Å². The summed E-state index contributed by atoms with van der Waals surface area (Å²) in [7, 11) is 0. The molecule has 0 amide bonds. The van der Waals surface area contributed by atoms with Gasteiger partial charge in [-0.3, -0.25) is 0 Å². The Bertz CT molecular complexity index is 487. The lowest BCUT2D eigenvalue weighted by Gasteiger charge is -2.14. The van der Waals surface area contributed by atoms with E-state index in [1.165, 1.54) is 0 Å². The molecule has 78 valence electrons. The van der Waals surface area contributed by atoms with Crippen LogP contribution in [0.1, 0.15) is 11.6 Å². The summed E-state index contributed by atoms with van der Waals surface area (Å²) in [6.45, 7) is 3.95. The van der Waals surface area contributed by atoms with Crippen molar-refractivity contribution in [2.24, 2.45) is 0 Å². The molecule has 0 atom stereocenters. The number of rotatable bonds is 1. The molecule has 2 aromatic heterocycles. The van der Waals surface area contributed by atoms with Crippen molar-refractivity contribution in [3.63, 3.8) is 0 Å². The van der Waals surface area contributed by atoms with Gasteiger partial charge in [-0.2, -0.15) is 0 Å². The SMILES string of the molecule is Cc1ccc(-c2nnc3n2CCOC3)o1. The van der Waals surface area contributed by atoms with Crippen LogP contribution < -0.4 is 0 Å². The third-order valence-electron chi connectivity index (χ3n) is 2.48. The van der Waals surface area contributed by atoms with Crippen molar-refractivity contribution in [1.29, 1.82) is 0 Å². The first kappa shape index (κ1) is 8.67. The van der Waals surface area contributed by atoms with Crippen LogP contribution in [0.2, 0.25) is 0 Å². The van der Waals surface area contributed by atoms with Gasteiger partial charge in [-0.25, -0.2) is 0 Å². The first-order chi connectivity index (χ1) is 7.34. The summed E-state index contributed by atoms with van der Waals surface area (Å²) in [5.41, 5.74) is 0. The Morgan fingerprint density at radius 1 is 1.33 bits per heavy atom. The van der Waals surface area contributed by atoms with Gasteiger partial charge < -0.3 is 13.7 Å². The number of aryl methyl sites for hydroxylation is 1. The summed E-state index contributed by atoms with van der Waals surface area (Å²) in [5, 5.41) is 8.19. The zero-order valence-electron chi connectivity index (χ0n) is 8.43. The maximum atomic E-state index is 5.53. The molecule has 1 aliphatic heterocycles. The third-order valence-corrected chi connectivity index (χ3v) is 2.48. The van der Waals surface area contributed by atoms with Crippen molar-refractivity contribution in [2.45, 2.75) is 20.1 Å². The fraction of sp³-hybridized carbons (Fsp3) is 0.400. The molecule has 3 rings (SSSR count). The minimum atomic E-state index is 0.534. The highest BCUT2D eigenvalue weighted by atomic mass is 16.5. The summed E-state index contributed by atoms with van der Waals surface area (Å²) in [4.78, 5) is 0. The lowest BCUT2D eigenvalue weighted by atomic mass is 10.4. The lowest BCUT2D eigenvalue weighted by Crippen LogP contribution is -2.17. The van der Waals surface area contributed by atoms with Gasteiger partial charge in [-0.05, 0) is 19.1 Å². The second kappa shape index (κ2) is 3.20. The maximum Gasteiger partial charge on any atom is 0.199 e. The fourth-order valence-electron chi connectivity index (χ4n) is 1.73. The van der Waals surface area contributed by atoms with E-state index in [1.807, 2.05) is 23.6 Å². The van der Waals surface area contributed by atoms with Crippen LogP contribution in [-0.4, -0.2) is 21.4 Å². The van der Waals surface area contributed by atoms with Crippen LogP contribution in [0, 0.1) is 6.92 Å². The summed E-state index contributed by atoms with van der Waals surface area (Å²) in [6, 6.07) is 3.85. The van der Waals surface area contributed by atoms with E-state index in [4.69, 9.17) is 9.15 Å². The standard InChI is InChI=1S/C10H11N3O2/c1-7-2-3-8(15-7)10-12-11-9-6-14-5-4-13(9)10/h2-3H,4-6H2,1H3.